The maximum absolute atomic E-state index is 13.2. The van der Waals surface area contributed by atoms with Crippen molar-refractivity contribution < 1.29 is 40.2 Å². The molecule has 0 aliphatic rings. The summed E-state index contributed by atoms with van der Waals surface area (Å²) in [5, 5.41) is 9.57. The van der Waals surface area contributed by atoms with E-state index in [-0.39, 0.29) is 11.5 Å². The number of hydrogen-bond acceptors (Lipinski definition) is 4. The summed E-state index contributed by atoms with van der Waals surface area (Å²) in [6.07, 6.45) is -7.62. The first-order chi connectivity index (χ1) is 11.8. The molecular formula is C15H10BrF5O4S. The first kappa shape index (κ1) is 20.6. The lowest BCUT2D eigenvalue weighted by molar-refractivity contribution is -0.207. The van der Waals surface area contributed by atoms with Crippen LogP contribution in [0.5, 0.6) is 11.5 Å². The first-order valence-electron chi connectivity index (χ1n) is 6.72. The Hall–Kier alpha value is -1.72. The Morgan fingerprint density at radius 1 is 1.12 bits per heavy atom. The van der Waals surface area contributed by atoms with E-state index in [4.69, 9.17) is 4.74 Å². The predicted molar refractivity (Wildman–Crippen MR) is 84.7 cm³/mol. The summed E-state index contributed by atoms with van der Waals surface area (Å²) in [5.41, 5.74) is -0.991. The molecule has 0 aliphatic carbocycles. The molecule has 0 amide bonds. The molecular weight excluding hydrogens is 451 g/mol. The van der Waals surface area contributed by atoms with Gasteiger partial charge in [0.1, 0.15) is 23.1 Å². The third-order valence-corrected chi connectivity index (χ3v) is 5.12. The van der Waals surface area contributed by atoms with Crippen LogP contribution in [0.25, 0.3) is 0 Å². The molecule has 1 N–H and O–H groups in total. The molecule has 2 rings (SSSR count). The first-order valence-corrected chi connectivity index (χ1v) is 9.40. The molecule has 2 aromatic rings. The molecule has 0 saturated carbocycles. The molecule has 0 bridgehead atoms. The minimum atomic E-state index is -5.16. The Morgan fingerprint density at radius 2 is 1.65 bits per heavy atom. The molecule has 4 nitrogen and oxygen atoms in total. The van der Waals surface area contributed by atoms with E-state index in [0.29, 0.717) is 12.3 Å². The monoisotopic (exact) mass is 460 g/mol. The van der Waals surface area contributed by atoms with Crippen molar-refractivity contribution in [3.8, 4) is 11.5 Å². The van der Waals surface area contributed by atoms with Crippen LogP contribution in [0.3, 0.4) is 0 Å². The van der Waals surface area contributed by atoms with Crippen molar-refractivity contribution in [3.63, 3.8) is 0 Å². The van der Waals surface area contributed by atoms with Crippen molar-refractivity contribution >= 4 is 25.8 Å². The number of alkyl halides is 3. The Bertz CT molecular complexity index is 924. The number of benzene rings is 2. The fraction of sp³-hybridized carbons (Fsp3) is 0.200. The van der Waals surface area contributed by atoms with E-state index in [2.05, 4.69) is 15.9 Å². The number of rotatable bonds is 4. The number of aliphatic hydroxyl groups is 1. The topological polar surface area (TPSA) is 63.6 Å². The summed E-state index contributed by atoms with van der Waals surface area (Å²) in [6.45, 7) is 0. The highest BCUT2D eigenvalue weighted by Gasteiger charge is 2.43. The summed E-state index contributed by atoms with van der Waals surface area (Å²) in [6, 6.07) is 3.92. The predicted octanol–water partition coefficient (Wildman–Crippen LogP) is 4.52. The average molecular weight is 461 g/mol. The maximum Gasteiger partial charge on any atom is 0.418 e. The van der Waals surface area contributed by atoms with Crippen molar-refractivity contribution in [2.75, 3.05) is 6.26 Å². The SMILES string of the molecule is CS(=O)(=O)c1ccc(Oc2cc(F)cc(F)c2)c(Br)c1C(O)C(F)(F)F. The molecule has 0 heterocycles. The minimum Gasteiger partial charge on any atom is -0.456 e. The highest BCUT2D eigenvalue weighted by molar-refractivity contribution is 9.10. The van der Waals surface area contributed by atoms with E-state index in [1.165, 1.54) is 0 Å². The van der Waals surface area contributed by atoms with Gasteiger partial charge in [-0.1, -0.05) is 0 Å². The maximum atomic E-state index is 13.2. The van der Waals surface area contributed by atoms with E-state index in [9.17, 15) is 35.5 Å². The van der Waals surface area contributed by atoms with Crippen LogP contribution in [-0.4, -0.2) is 26.0 Å². The standard InChI is InChI=1S/C15H10BrF5O4S/c1-26(23,24)11-3-2-10(13(16)12(11)14(22)15(19,20)21)25-9-5-7(17)4-8(18)6-9/h2-6,14,22H,1H3. The van der Waals surface area contributed by atoms with Gasteiger partial charge in [-0.05, 0) is 28.1 Å². The molecule has 2 aromatic carbocycles. The molecule has 1 atom stereocenters. The Morgan fingerprint density at radius 3 is 2.12 bits per heavy atom. The van der Waals surface area contributed by atoms with Crippen LogP contribution in [0.15, 0.2) is 39.7 Å². The van der Waals surface area contributed by atoms with Crippen molar-refractivity contribution in [3.05, 3.63) is 52.0 Å². The van der Waals surface area contributed by atoms with Crippen LogP contribution in [0.4, 0.5) is 22.0 Å². The molecule has 1 unspecified atom stereocenters. The largest absolute Gasteiger partial charge is 0.456 e. The molecule has 0 radical (unpaired) electrons. The lowest BCUT2D eigenvalue weighted by Gasteiger charge is -2.21. The molecule has 0 saturated heterocycles. The lowest BCUT2D eigenvalue weighted by Crippen LogP contribution is -2.23. The zero-order valence-electron chi connectivity index (χ0n) is 12.8. The van der Waals surface area contributed by atoms with Gasteiger partial charge in [0.05, 0.1) is 9.37 Å². The van der Waals surface area contributed by atoms with Crippen molar-refractivity contribution in [1.82, 2.24) is 0 Å². The molecule has 0 spiro atoms. The normalized spacial score (nSPS) is 13.5. The second-order valence-electron chi connectivity index (χ2n) is 5.21. The van der Waals surface area contributed by atoms with Crippen LogP contribution in [-0.2, 0) is 9.84 Å². The lowest BCUT2D eigenvalue weighted by atomic mass is 10.1. The summed E-state index contributed by atoms with van der Waals surface area (Å²) in [5.74, 6) is -2.72. The van der Waals surface area contributed by atoms with Crippen molar-refractivity contribution in [1.29, 1.82) is 0 Å². The summed E-state index contributed by atoms with van der Waals surface area (Å²) in [7, 11) is -4.13. The van der Waals surface area contributed by atoms with Crippen LogP contribution in [0.1, 0.15) is 11.7 Å². The van der Waals surface area contributed by atoms with Crippen LogP contribution in [0, 0.1) is 11.6 Å². The summed E-state index contributed by atoms with van der Waals surface area (Å²) in [4.78, 5) is -0.771. The second-order valence-corrected chi connectivity index (χ2v) is 7.99. The zero-order chi connectivity index (χ0) is 19.9. The molecule has 0 aliphatic heterocycles. The van der Waals surface area contributed by atoms with Gasteiger partial charge in [0.15, 0.2) is 15.9 Å². The van der Waals surface area contributed by atoms with E-state index in [1.807, 2.05) is 0 Å². The average Bonchev–Trinajstić information content (AvgIpc) is 2.45. The second kappa shape index (κ2) is 7.12. The van der Waals surface area contributed by atoms with Crippen LogP contribution in [0.2, 0.25) is 0 Å². The smallest absolute Gasteiger partial charge is 0.418 e. The Labute approximate surface area is 153 Å². The van der Waals surface area contributed by atoms with Gasteiger partial charge in [0.2, 0.25) is 0 Å². The molecule has 26 heavy (non-hydrogen) atoms. The van der Waals surface area contributed by atoms with Gasteiger partial charge in [-0.3, -0.25) is 0 Å². The van der Waals surface area contributed by atoms with Gasteiger partial charge in [0, 0.05) is 30.0 Å². The summed E-state index contributed by atoms with van der Waals surface area (Å²) >= 11 is 2.78. The quantitative estimate of drug-likeness (QED) is 0.681. The van der Waals surface area contributed by atoms with Crippen LogP contribution >= 0.6 is 15.9 Å². The number of sulfone groups is 1. The third kappa shape index (κ3) is 4.51. The van der Waals surface area contributed by atoms with Gasteiger partial charge >= 0.3 is 6.18 Å². The summed E-state index contributed by atoms with van der Waals surface area (Å²) < 4.78 is 93.4. The fourth-order valence-electron chi connectivity index (χ4n) is 2.09. The van der Waals surface area contributed by atoms with Gasteiger partial charge < -0.3 is 9.84 Å². The van der Waals surface area contributed by atoms with E-state index in [0.717, 1.165) is 24.3 Å². The number of ether oxygens (including phenoxy) is 1. The number of halogens is 6. The van der Waals surface area contributed by atoms with E-state index < -0.39 is 48.7 Å². The van der Waals surface area contributed by atoms with Gasteiger partial charge in [-0.2, -0.15) is 13.2 Å². The van der Waals surface area contributed by atoms with Crippen LogP contribution < -0.4 is 4.74 Å². The highest BCUT2D eigenvalue weighted by Crippen LogP contribution is 2.44. The number of aliphatic hydroxyl groups excluding tert-OH is 1. The number of hydrogen-bond donors (Lipinski definition) is 1. The Kier molecular flexibility index (Phi) is 5.64. The molecule has 0 aromatic heterocycles. The highest BCUT2D eigenvalue weighted by atomic mass is 79.9. The van der Waals surface area contributed by atoms with Gasteiger partial charge in [-0.25, -0.2) is 17.2 Å². The third-order valence-electron chi connectivity index (χ3n) is 3.15. The van der Waals surface area contributed by atoms with E-state index in [1.54, 1.807) is 0 Å². The van der Waals surface area contributed by atoms with Crippen molar-refractivity contribution in [2.45, 2.75) is 17.2 Å². The van der Waals surface area contributed by atoms with Crippen molar-refractivity contribution in [2.24, 2.45) is 0 Å². The van der Waals surface area contributed by atoms with Gasteiger partial charge in [-0.15, -0.1) is 0 Å². The minimum absolute atomic E-state index is 0.372. The fourth-order valence-corrected chi connectivity index (χ4v) is 3.79. The van der Waals surface area contributed by atoms with Gasteiger partial charge in [0.25, 0.3) is 0 Å². The molecule has 0 fully saturated rings. The Balaban J connectivity index is 2.63. The zero-order valence-corrected chi connectivity index (χ0v) is 15.2. The molecule has 142 valence electrons. The van der Waals surface area contributed by atoms with E-state index >= 15 is 0 Å². The molecule has 11 heteroatoms.